The van der Waals surface area contributed by atoms with E-state index in [2.05, 4.69) is 20.6 Å². The molecule has 2 rings (SSSR count). The third-order valence-electron chi connectivity index (χ3n) is 3.53. The molecule has 0 spiro atoms. The minimum absolute atomic E-state index is 0.0554. The smallest absolute Gasteiger partial charge is 0.225 e. The average molecular weight is 282 g/mol. The largest absolute Gasteiger partial charge is 0.316 e. The highest BCUT2D eigenvalue weighted by Gasteiger charge is 2.22. The molecule has 0 aliphatic carbocycles. The second-order valence-electron chi connectivity index (χ2n) is 4.89. The van der Waals surface area contributed by atoms with Crippen LogP contribution in [0.25, 0.3) is 0 Å². The maximum atomic E-state index is 11.5. The number of hydrogen-bond donors (Lipinski definition) is 1. The third-order valence-corrected chi connectivity index (χ3v) is 4.45. The zero-order chi connectivity index (χ0) is 13.8. The lowest BCUT2D eigenvalue weighted by Gasteiger charge is -2.15. The van der Waals surface area contributed by atoms with Gasteiger partial charge in [0.1, 0.15) is 0 Å². The van der Waals surface area contributed by atoms with Crippen LogP contribution in [0.2, 0.25) is 0 Å². The zero-order valence-electron chi connectivity index (χ0n) is 11.8. The van der Waals surface area contributed by atoms with Gasteiger partial charge < -0.3 is 5.32 Å². The number of aromatic nitrogens is 1. The number of nitrogens with zero attached hydrogens (tertiary/aromatic N) is 3. The predicted molar refractivity (Wildman–Crippen MR) is 78.6 cm³/mol. The summed E-state index contributed by atoms with van der Waals surface area (Å²) >= 11 is 1.55. The van der Waals surface area contributed by atoms with Gasteiger partial charge in [-0.3, -0.25) is 14.6 Å². The minimum Gasteiger partial charge on any atom is -0.316 e. The van der Waals surface area contributed by atoms with Crippen molar-refractivity contribution in [2.75, 3.05) is 31.6 Å². The summed E-state index contributed by atoms with van der Waals surface area (Å²) < 4.78 is 0. The second-order valence-corrected chi connectivity index (χ2v) is 5.73. The molecule has 2 heterocycles. The van der Waals surface area contributed by atoms with Gasteiger partial charge in [0, 0.05) is 44.5 Å². The molecule has 6 heteroatoms. The van der Waals surface area contributed by atoms with Crippen molar-refractivity contribution in [1.29, 1.82) is 0 Å². The number of thiazole rings is 1. The number of nitrogens with one attached hydrogen (secondary N) is 1. The van der Waals surface area contributed by atoms with E-state index < -0.39 is 0 Å². The van der Waals surface area contributed by atoms with Crippen molar-refractivity contribution < 1.29 is 4.79 Å². The molecule has 1 aliphatic rings. The summed E-state index contributed by atoms with van der Waals surface area (Å²) in [6, 6.07) is 0.600. The van der Waals surface area contributed by atoms with Crippen LogP contribution in [0.1, 0.15) is 26.0 Å². The highest BCUT2D eigenvalue weighted by Crippen LogP contribution is 2.22. The monoisotopic (exact) mass is 282 g/mol. The van der Waals surface area contributed by atoms with Gasteiger partial charge in [0.2, 0.25) is 5.91 Å². The first-order valence-corrected chi connectivity index (χ1v) is 7.64. The molecule has 1 fully saturated rings. The normalized spacial score (nSPS) is 19.8. The van der Waals surface area contributed by atoms with Gasteiger partial charge in [-0.25, -0.2) is 4.98 Å². The van der Waals surface area contributed by atoms with Gasteiger partial charge in [0.15, 0.2) is 5.13 Å². The fraction of sp³-hybridized carbons (Fsp3) is 0.692. The lowest BCUT2D eigenvalue weighted by Crippen LogP contribution is -2.29. The Kier molecular flexibility index (Phi) is 4.90. The molecular formula is C13H22N4OS. The fourth-order valence-corrected chi connectivity index (χ4v) is 3.35. The first kappa shape index (κ1) is 14.4. The van der Waals surface area contributed by atoms with Crippen molar-refractivity contribution in [1.82, 2.24) is 15.2 Å². The Labute approximate surface area is 118 Å². The molecule has 1 saturated heterocycles. The summed E-state index contributed by atoms with van der Waals surface area (Å²) in [7, 11) is 2.01. The number of anilines is 1. The molecule has 19 heavy (non-hydrogen) atoms. The summed E-state index contributed by atoms with van der Waals surface area (Å²) in [5.74, 6) is 0.0554. The van der Waals surface area contributed by atoms with E-state index in [1.54, 1.807) is 23.2 Å². The molecule has 1 amide bonds. The van der Waals surface area contributed by atoms with Crippen LogP contribution in [0.4, 0.5) is 5.13 Å². The summed E-state index contributed by atoms with van der Waals surface area (Å²) in [4.78, 5) is 20.2. The van der Waals surface area contributed by atoms with Gasteiger partial charge in [0.25, 0.3) is 0 Å². The molecule has 0 saturated carbocycles. The van der Waals surface area contributed by atoms with Gasteiger partial charge in [-0.15, -0.1) is 11.3 Å². The summed E-state index contributed by atoms with van der Waals surface area (Å²) in [5.41, 5.74) is 1.07. The molecule has 0 radical (unpaired) electrons. The lowest BCUT2D eigenvalue weighted by molar-refractivity contribution is -0.116. The molecule has 1 atom stereocenters. The highest BCUT2D eigenvalue weighted by atomic mass is 32.1. The van der Waals surface area contributed by atoms with Crippen LogP contribution in [0, 0.1) is 0 Å². The topological polar surface area (TPSA) is 48.5 Å². The van der Waals surface area contributed by atoms with Crippen molar-refractivity contribution >= 4 is 22.4 Å². The Morgan fingerprint density at radius 3 is 3.05 bits per heavy atom. The summed E-state index contributed by atoms with van der Waals surface area (Å²) in [5, 5.41) is 6.19. The number of likely N-dealkylation sites (N-methyl/N-ethyl adjacent to an activating group) is 1. The van der Waals surface area contributed by atoms with E-state index in [9.17, 15) is 4.79 Å². The standard InChI is InChI=1S/C13H22N4OS/c1-4-17(10(2)18)13-15-12(9-19-13)8-16-6-5-11(7-16)14-3/h9,11,14H,4-8H2,1-3H3. The molecule has 0 bridgehead atoms. The number of carbonyl (C=O) groups is 1. The van der Waals surface area contributed by atoms with E-state index in [1.807, 2.05) is 14.0 Å². The molecule has 1 aliphatic heterocycles. The molecule has 0 aromatic carbocycles. The minimum atomic E-state index is 0.0554. The number of carbonyl (C=O) groups excluding carboxylic acids is 1. The lowest BCUT2D eigenvalue weighted by atomic mass is 10.3. The SMILES string of the molecule is CCN(C(C)=O)c1nc(CN2CCC(NC)C2)cs1. The maximum Gasteiger partial charge on any atom is 0.225 e. The van der Waals surface area contributed by atoms with Crippen LogP contribution in [-0.2, 0) is 11.3 Å². The second kappa shape index (κ2) is 6.45. The Morgan fingerprint density at radius 2 is 2.47 bits per heavy atom. The highest BCUT2D eigenvalue weighted by molar-refractivity contribution is 7.14. The average Bonchev–Trinajstić information content (AvgIpc) is 3.00. The molecule has 5 nitrogen and oxygen atoms in total. The van der Waals surface area contributed by atoms with Gasteiger partial charge in [-0.2, -0.15) is 0 Å². The zero-order valence-corrected chi connectivity index (χ0v) is 12.7. The van der Waals surface area contributed by atoms with E-state index >= 15 is 0 Å². The van der Waals surface area contributed by atoms with E-state index in [-0.39, 0.29) is 5.91 Å². The van der Waals surface area contributed by atoms with E-state index in [0.29, 0.717) is 12.6 Å². The number of likely N-dealkylation sites (tertiary alicyclic amines) is 1. The Morgan fingerprint density at radius 1 is 1.68 bits per heavy atom. The van der Waals surface area contributed by atoms with Gasteiger partial charge in [-0.1, -0.05) is 0 Å². The van der Waals surface area contributed by atoms with Crippen LogP contribution in [0.15, 0.2) is 5.38 Å². The van der Waals surface area contributed by atoms with Gasteiger partial charge >= 0.3 is 0 Å². The predicted octanol–water partition coefficient (Wildman–Crippen LogP) is 1.31. The maximum absolute atomic E-state index is 11.5. The van der Waals surface area contributed by atoms with Crippen LogP contribution >= 0.6 is 11.3 Å². The molecular weight excluding hydrogens is 260 g/mol. The van der Waals surface area contributed by atoms with E-state index in [1.165, 1.54) is 6.42 Å². The van der Waals surface area contributed by atoms with Crippen molar-refractivity contribution in [2.24, 2.45) is 0 Å². The van der Waals surface area contributed by atoms with Gasteiger partial charge in [-0.05, 0) is 20.4 Å². The van der Waals surface area contributed by atoms with Crippen LogP contribution in [0.3, 0.4) is 0 Å². The van der Waals surface area contributed by atoms with Crippen LogP contribution in [0.5, 0.6) is 0 Å². The van der Waals surface area contributed by atoms with Crippen molar-refractivity contribution in [3.8, 4) is 0 Å². The van der Waals surface area contributed by atoms with Crippen LogP contribution in [-0.4, -0.2) is 48.5 Å². The number of rotatable bonds is 5. The van der Waals surface area contributed by atoms with Gasteiger partial charge in [0.05, 0.1) is 5.69 Å². The number of hydrogen-bond acceptors (Lipinski definition) is 5. The first-order chi connectivity index (χ1) is 9.13. The first-order valence-electron chi connectivity index (χ1n) is 6.76. The third kappa shape index (κ3) is 3.52. The van der Waals surface area contributed by atoms with Crippen molar-refractivity contribution in [3.63, 3.8) is 0 Å². The van der Waals surface area contributed by atoms with E-state index in [4.69, 9.17) is 0 Å². The summed E-state index contributed by atoms with van der Waals surface area (Å²) in [6.45, 7) is 7.30. The quantitative estimate of drug-likeness (QED) is 0.884. The molecule has 1 unspecified atom stereocenters. The molecule has 1 aromatic heterocycles. The Hall–Kier alpha value is -0.980. The molecule has 1 aromatic rings. The van der Waals surface area contributed by atoms with E-state index in [0.717, 1.165) is 30.5 Å². The fourth-order valence-electron chi connectivity index (χ4n) is 2.43. The van der Waals surface area contributed by atoms with Crippen molar-refractivity contribution in [3.05, 3.63) is 11.1 Å². The van der Waals surface area contributed by atoms with Crippen LogP contribution < -0.4 is 10.2 Å². The Balaban J connectivity index is 1.96. The number of amides is 1. The Bertz CT molecular complexity index is 434. The molecule has 1 N–H and O–H groups in total. The van der Waals surface area contributed by atoms with Crippen molar-refractivity contribution in [2.45, 2.75) is 32.9 Å². The molecule has 106 valence electrons. The summed E-state index contributed by atoms with van der Waals surface area (Å²) in [6.07, 6.45) is 1.20.